The topological polar surface area (TPSA) is 24.8 Å². The molecule has 0 unspecified atom stereocenters. The van der Waals surface area contributed by atoms with Crippen LogP contribution in [0.2, 0.25) is 5.02 Å². The molecular weight excluding hydrogens is 344 g/mol. The van der Waals surface area contributed by atoms with Crippen molar-refractivity contribution >= 4 is 23.6 Å². The summed E-state index contributed by atoms with van der Waals surface area (Å²) in [7, 11) is 2.01. The van der Waals surface area contributed by atoms with Crippen LogP contribution in [0.25, 0.3) is 0 Å². The third-order valence-electron chi connectivity index (χ3n) is 4.36. The Morgan fingerprint density at radius 3 is 2.38 bits per heavy atom. The van der Waals surface area contributed by atoms with E-state index in [-0.39, 0.29) is 5.41 Å². The molecule has 2 rings (SSSR count). The molecule has 26 heavy (non-hydrogen) atoms. The highest BCUT2D eigenvalue weighted by molar-refractivity contribution is 6.31. The fourth-order valence-corrected chi connectivity index (χ4v) is 3.01. The number of aliphatic imine (C=N–C) groups is 1. The number of hydrogen-bond acceptors (Lipinski definition) is 2. The van der Waals surface area contributed by atoms with Gasteiger partial charge in [0.2, 0.25) is 0 Å². The minimum Gasteiger partial charge on any atom is -0.457 e. The minimum absolute atomic E-state index is 0.00736. The van der Waals surface area contributed by atoms with E-state index in [0.717, 1.165) is 45.4 Å². The normalized spacial score (nSPS) is 11.8. The molecule has 0 saturated carbocycles. The lowest BCUT2D eigenvalue weighted by Crippen LogP contribution is -2.14. The van der Waals surface area contributed by atoms with Gasteiger partial charge in [-0.15, -0.1) is 0 Å². The molecule has 0 bridgehead atoms. The first-order valence-corrected chi connectivity index (χ1v) is 9.33. The van der Waals surface area contributed by atoms with E-state index in [1.165, 1.54) is 0 Å². The van der Waals surface area contributed by atoms with Crippen molar-refractivity contribution in [1.29, 1.82) is 0 Å². The van der Waals surface area contributed by atoms with Crippen molar-refractivity contribution in [1.82, 2.24) is 4.90 Å². The van der Waals surface area contributed by atoms with E-state index in [0.29, 0.717) is 0 Å². The van der Waals surface area contributed by atoms with Gasteiger partial charge in [0.25, 0.3) is 0 Å². The number of aryl methyl sites for hydroxylation is 2. The quantitative estimate of drug-likeness (QED) is 0.433. The zero-order valence-corrected chi connectivity index (χ0v) is 17.6. The van der Waals surface area contributed by atoms with Gasteiger partial charge in [-0.1, -0.05) is 38.4 Å². The molecule has 4 heteroatoms. The van der Waals surface area contributed by atoms with Crippen LogP contribution in [0.5, 0.6) is 11.5 Å². The molecule has 0 amide bonds. The van der Waals surface area contributed by atoms with E-state index in [9.17, 15) is 0 Å². The van der Waals surface area contributed by atoms with E-state index in [2.05, 4.69) is 38.8 Å². The lowest BCUT2D eigenvalue weighted by atomic mass is 9.87. The van der Waals surface area contributed by atoms with Gasteiger partial charge in [0.05, 0.1) is 12.0 Å². The van der Waals surface area contributed by atoms with Crippen LogP contribution in [0.1, 0.15) is 44.4 Å². The first kappa shape index (κ1) is 20.3. The summed E-state index contributed by atoms with van der Waals surface area (Å²) in [5.74, 6) is 1.57. The average Bonchev–Trinajstić information content (AvgIpc) is 2.55. The Balaban J connectivity index is 2.27. The largest absolute Gasteiger partial charge is 0.457 e. The lowest BCUT2D eigenvalue weighted by Gasteiger charge is -2.21. The summed E-state index contributed by atoms with van der Waals surface area (Å²) in [5.41, 5.74) is 4.19. The molecule has 2 aromatic carbocycles. The number of nitrogens with zero attached hydrogens (tertiary/aromatic N) is 2. The maximum Gasteiger partial charge on any atom is 0.130 e. The van der Waals surface area contributed by atoms with E-state index < -0.39 is 0 Å². The Morgan fingerprint density at radius 1 is 1.12 bits per heavy atom. The van der Waals surface area contributed by atoms with Gasteiger partial charge in [-0.05, 0) is 67.1 Å². The van der Waals surface area contributed by atoms with Crippen molar-refractivity contribution in [3.05, 3.63) is 52.0 Å². The third-order valence-corrected chi connectivity index (χ3v) is 4.68. The standard InChI is InChI=1S/C22H29ClN2O/c1-8-25(7)14-24-20-11-16(3)21(12-15(20)2)26-17-9-10-18(19(23)13-17)22(4,5)6/h9-14H,8H2,1-7H3. The van der Waals surface area contributed by atoms with E-state index >= 15 is 0 Å². The Kier molecular flexibility index (Phi) is 6.35. The van der Waals surface area contributed by atoms with Crippen molar-refractivity contribution in [3.63, 3.8) is 0 Å². The fraction of sp³-hybridized carbons (Fsp3) is 0.409. The highest BCUT2D eigenvalue weighted by Gasteiger charge is 2.18. The predicted octanol–water partition coefficient (Wildman–Crippen LogP) is 6.66. The summed E-state index contributed by atoms with van der Waals surface area (Å²) in [6, 6.07) is 9.98. The summed E-state index contributed by atoms with van der Waals surface area (Å²) in [6.45, 7) is 13.5. The van der Waals surface area contributed by atoms with Crippen LogP contribution in [0.4, 0.5) is 5.69 Å². The molecule has 0 spiro atoms. The van der Waals surface area contributed by atoms with E-state index in [4.69, 9.17) is 16.3 Å². The molecule has 0 aliphatic carbocycles. The number of rotatable bonds is 5. The Labute approximate surface area is 162 Å². The number of halogens is 1. The van der Waals surface area contributed by atoms with Gasteiger partial charge in [0.15, 0.2) is 0 Å². The molecule has 0 heterocycles. The lowest BCUT2D eigenvalue weighted by molar-refractivity contribution is 0.477. The molecule has 2 aromatic rings. The van der Waals surface area contributed by atoms with Crippen LogP contribution < -0.4 is 4.74 Å². The molecule has 0 aliphatic rings. The van der Waals surface area contributed by atoms with E-state index in [1.54, 1.807) is 0 Å². The van der Waals surface area contributed by atoms with Gasteiger partial charge < -0.3 is 9.64 Å². The van der Waals surface area contributed by atoms with Crippen molar-refractivity contribution in [2.45, 2.75) is 47.0 Å². The third kappa shape index (κ3) is 5.01. The van der Waals surface area contributed by atoms with Crippen molar-refractivity contribution in [2.75, 3.05) is 13.6 Å². The number of hydrogen-bond donors (Lipinski definition) is 0. The second-order valence-electron chi connectivity index (χ2n) is 7.72. The highest BCUT2D eigenvalue weighted by Crippen LogP contribution is 2.35. The molecule has 0 aromatic heterocycles. The zero-order valence-electron chi connectivity index (χ0n) is 16.9. The van der Waals surface area contributed by atoms with Crippen molar-refractivity contribution in [3.8, 4) is 11.5 Å². The summed E-state index contributed by atoms with van der Waals surface area (Å²) < 4.78 is 6.09. The number of ether oxygens (including phenoxy) is 1. The summed E-state index contributed by atoms with van der Waals surface area (Å²) in [6.07, 6.45) is 1.85. The van der Waals surface area contributed by atoms with Crippen LogP contribution in [-0.4, -0.2) is 24.8 Å². The predicted molar refractivity (Wildman–Crippen MR) is 113 cm³/mol. The highest BCUT2D eigenvalue weighted by atomic mass is 35.5. The van der Waals surface area contributed by atoms with Gasteiger partial charge in [-0.3, -0.25) is 0 Å². The smallest absolute Gasteiger partial charge is 0.130 e. The van der Waals surface area contributed by atoms with Gasteiger partial charge in [-0.25, -0.2) is 4.99 Å². The van der Waals surface area contributed by atoms with E-state index in [1.807, 2.05) is 56.4 Å². The van der Waals surface area contributed by atoms with Gasteiger partial charge in [0, 0.05) is 18.6 Å². The van der Waals surface area contributed by atoms with Crippen LogP contribution in [0.3, 0.4) is 0 Å². The summed E-state index contributed by atoms with van der Waals surface area (Å²) in [4.78, 5) is 6.60. The average molecular weight is 373 g/mol. The van der Waals surface area contributed by atoms with Crippen molar-refractivity contribution < 1.29 is 4.74 Å². The monoisotopic (exact) mass is 372 g/mol. The number of benzene rings is 2. The molecule has 0 N–H and O–H groups in total. The SMILES string of the molecule is CCN(C)C=Nc1cc(C)c(Oc2ccc(C(C)(C)C)c(Cl)c2)cc1C. The Hall–Kier alpha value is -2.00. The molecule has 0 radical (unpaired) electrons. The zero-order chi connectivity index (χ0) is 19.5. The molecule has 3 nitrogen and oxygen atoms in total. The van der Waals surface area contributed by atoms with Gasteiger partial charge >= 0.3 is 0 Å². The molecule has 0 fully saturated rings. The van der Waals surface area contributed by atoms with Crippen molar-refractivity contribution in [2.24, 2.45) is 4.99 Å². The Morgan fingerprint density at radius 2 is 1.81 bits per heavy atom. The molecule has 0 saturated heterocycles. The van der Waals surface area contributed by atoms with Crippen LogP contribution in [0, 0.1) is 13.8 Å². The summed E-state index contributed by atoms with van der Waals surface area (Å²) in [5, 5.41) is 0.730. The van der Waals surface area contributed by atoms with Crippen LogP contribution >= 0.6 is 11.6 Å². The molecule has 0 atom stereocenters. The van der Waals surface area contributed by atoms with Crippen LogP contribution in [0.15, 0.2) is 35.3 Å². The maximum atomic E-state index is 6.46. The van der Waals surface area contributed by atoms with Gasteiger partial charge in [0.1, 0.15) is 11.5 Å². The maximum absolute atomic E-state index is 6.46. The molecule has 140 valence electrons. The summed E-state index contributed by atoms with van der Waals surface area (Å²) >= 11 is 6.46. The molecule has 0 aliphatic heterocycles. The fourth-order valence-electron chi connectivity index (χ4n) is 2.56. The Bertz CT molecular complexity index is 807. The molecular formula is C22H29ClN2O. The van der Waals surface area contributed by atoms with Gasteiger partial charge in [-0.2, -0.15) is 0 Å². The minimum atomic E-state index is 0.00736. The second kappa shape index (κ2) is 8.13. The first-order valence-electron chi connectivity index (χ1n) is 8.95. The van der Waals surface area contributed by atoms with Crippen LogP contribution in [-0.2, 0) is 5.41 Å². The second-order valence-corrected chi connectivity index (χ2v) is 8.12. The first-order chi connectivity index (χ1) is 12.1.